The highest BCUT2D eigenvalue weighted by molar-refractivity contribution is 4.82. The maximum Gasteiger partial charge on any atom is 0.0623 e. The molecule has 0 aliphatic carbocycles. The zero-order valence-electron chi connectivity index (χ0n) is 11.8. The van der Waals surface area contributed by atoms with Gasteiger partial charge >= 0.3 is 0 Å². The molecule has 2 unspecified atom stereocenters. The third-order valence-electron chi connectivity index (χ3n) is 3.46. The fourth-order valence-electron chi connectivity index (χ4n) is 2.38. The first-order valence-electron chi connectivity index (χ1n) is 7.25. The number of rotatable bonds is 9. The smallest absolute Gasteiger partial charge is 0.0623 e. The van der Waals surface area contributed by atoms with Crippen molar-refractivity contribution >= 4 is 0 Å². The molecule has 0 radical (unpaired) electrons. The number of ether oxygens (including phenoxy) is 1. The van der Waals surface area contributed by atoms with Gasteiger partial charge in [0.1, 0.15) is 0 Å². The van der Waals surface area contributed by atoms with Crippen LogP contribution in [0.2, 0.25) is 0 Å². The lowest BCUT2D eigenvalue weighted by molar-refractivity contribution is 0.182. The van der Waals surface area contributed by atoms with Crippen LogP contribution < -0.4 is 10.6 Å². The minimum Gasteiger partial charge on any atom is -0.379 e. The van der Waals surface area contributed by atoms with Crippen molar-refractivity contribution < 1.29 is 4.74 Å². The molecule has 1 fully saturated rings. The van der Waals surface area contributed by atoms with E-state index in [1.807, 2.05) is 0 Å². The molecule has 1 aliphatic rings. The minimum absolute atomic E-state index is 0.558. The van der Waals surface area contributed by atoms with Crippen LogP contribution in [-0.4, -0.2) is 38.9 Å². The summed E-state index contributed by atoms with van der Waals surface area (Å²) in [5.41, 5.74) is 0. The Balaban J connectivity index is 1.98. The van der Waals surface area contributed by atoms with E-state index in [4.69, 9.17) is 4.74 Å². The first-order chi connectivity index (χ1) is 8.24. The van der Waals surface area contributed by atoms with Gasteiger partial charge in [-0.1, -0.05) is 33.6 Å². The van der Waals surface area contributed by atoms with Gasteiger partial charge in [-0.25, -0.2) is 0 Å². The topological polar surface area (TPSA) is 33.3 Å². The summed E-state index contributed by atoms with van der Waals surface area (Å²) in [5.74, 6) is 1.50. The van der Waals surface area contributed by atoms with Crippen LogP contribution in [0.25, 0.3) is 0 Å². The van der Waals surface area contributed by atoms with Crippen molar-refractivity contribution in [1.82, 2.24) is 10.6 Å². The molecule has 0 amide bonds. The van der Waals surface area contributed by atoms with Gasteiger partial charge in [0.2, 0.25) is 0 Å². The predicted octanol–water partition coefficient (Wildman–Crippen LogP) is 2.03. The van der Waals surface area contributed by atoms with Gasteiger partial charge < -0.3 is 15.4 Å². The molecule has 0 bridgehead atoms. The van der Waals surface area contributed by atoms with E-state index in [1.165, 1.54) is 19.3 Å². The van der Waals surface area contributed by atoms with Crippen LogP contribution in [0, 0.1) is 11.8 Å². The average Bonchev–Trinajstić information content (AvgIpc) is 2.71. The zero-order valence-corrected chi connectivity index (χ0v) is 11.8. The molecular weight excluding hydrogens is 212 g/mol. The monoisotopic (exact) mass is 242 g/mol. The normalized spacial score (nSPS) is 24.7. The van der Waals surface area contributed by atoms with E-state index < -0.39 is 0 Å². The molecule has 0 aromatic carbocycles. The Bertz CT molecular complexity index is 185. The molecule has 2 atom stereocenters. The van der Waals surface area contributed by atoms with Crippen molar-refractivity contribution in [2.45, 2.75) is 46.1 Å². The van der Waals surface area contributed by atoms with Gasteiger partial charge in [0.25, 0.3) is 0 Å². The highest BCUT2D eigenvalue weighted by Gasteiger charge is 2.26. The molecule has 2 N–H and O–H groups in total. The Morgan fingerprint density at radius 1 is 1.24 bits per heavy atom. The molecule has 0 saturated carbocycles. The van der Waals surface area contributed by atoms with Crippen molar-refractivity contribution in [2.24, 2.45) is 11.8 Å². The summed E-state index contributed by atoms with van der Waals surface area (Å²) in [5, 5.41) is 7.07. The summed E-state index contributed by atoms with van der Waals surface area (Å²) in [4.78, 5) is 0. The lowest BCUT2D eigenvalue weighted by atomic mass is 10.0. The van der Waals surface area contributed by atoms with E-state index >= 15 is 0 Å². The van der Waals surface area contributed by atoms with Crippen molar-refractivity contribution in [3.05, 3.63) is 0 Å². The Morgan fingerprint density at radius 2 is 2.06 bits per heavy atom. The number of hydrogen-bond acceptors (Lipinski definition) is 3. The van der Waals surface area contributed by atoms with E-state index in [2.05, 4.69) is 31.4 Å². The summed E-state index contributed by atoms with van der Waals surface area (Å²) in [7, 11) is 0. The van der Waals surface area contributed by atoms with Gasteiger partial charge in [-0.2, -0.15) is 0 Å². The van der Waals surface area contributed by atoms with Gasteiger partial charge in [-0.05, 0) is 25.4 Å². The third-order valence-corrected chi connectivity index (χ3v) is 3.46. The lowest BCUT2D eigenvalue weighted by Gasteiger charge is -2.18. The van der Waals surface area contributed by atoms with Gasteiger partial charge in [0.05, 0.1) is 13.2 Å². The van der Waals surface area contributed by atoms with Gasteiger partial charge in [0, 0.05) is 18.5 Å². The fourth-order valence-corrected chi connectivity index (χ4v) is 2.38. The molecule has 1 heterocycles. The number of likely N-dealkylation sites (N-methyl/N-ethyl adjacent to an activating group) is 1. The maximum absolute atomic E-state index is 5.53. The summed E-state index contributed by atoms with van der Waals surface area (Å²) in [6.45, 7) is 11.8. The fraction of sp³-hybridized carbons (Fsp3) is 1.00. The first-order valence-corrected chi connectivity index (χ1v) is 7.25. The average molecular weight is 242 g/mol. The molecule has 1 aliphatic heterocycles. The molecule has 1 saturated heterocycles. The Labute approximate surface area is 107 Å². The summed E-state index contributed by atoms with van der Waals surface area (Å²) >= 11 is 0. The standard InChI is InChI=1S/C14H30N2O/c1-4-16-14-11-17-10-13(14)9-15-8-6-5-7-12(2)3/h12-16H,4-11H2,1-3H3. The Morgan fingerprint density at radius 3 is 2.76 bits per heavy atom. The van der Waals surface area contributed by atoms with E-state index in [9.17, 15) is 0 Å². The molecule has 0 spiro atoms. The van der Waals surface area contributed by atoms with Crippen LogP contribution in [0.5, 0.6) is 0 Å². The highest BCUT2D eigenvalue weighted by atomic mass is 16.5. The molecule has 3 nitrogen and oxygen atoms in total. The van der Waals surface area contributed by atoms with Gasteiger partial charge in [-0.15, -0.1) is 0 Å². The largest absolute Gasteiger partial charge is 0.379 e. The van der Waals surface area contributed by atoms with Crippen LogP contribution in [0.1, 0.15) is 40.0 Å². The van der Waals surface area contributed by atoms with E-state index in [0.29, 0.717) is 12.0 Å². The van der Waals surface area contributed by atoms with Crippen molar-refractivity contribution in [3.8, 4) is 0 Å². The van der Waals surface area contributed by atoms with Crippen LogP contribution in [0.4, 0.5) is 0 Å². The number of unbranched alkanes of at least 4 members (excludes halogenated alkanes) is 1. The molecule has 0 aromatic heterocycles. The first kappa shape index (κ1) is 14.9. The van der Waals surface area contributed by atoms with Crippen LogP contribution >= 0.6 is 0 Å². The lowest BCUT2D eigenvalue weighted by Crippen LogP contribution is -2.40. The second kappa shape index (κ2) is 8.90. The summed E-state index contributed by atoms with van der Waals surface area (Å²) in [6.07, 6.45) is 4.01. The summed E-state index contributed by atoms with van der Waals surface area (Å²) < 4.78 is 5.53. The van der Waals surface area contributed by atoms with Gasteiger partial charge in [0.15, 0.2) is 0 Å². The summed E-state index contributed by atoms with van der Waals surface area (Å²) in [6, 6.07) is 0.558. The zero-order chi connectivity index (χ0) is 12.5. The van der Waals surface area contributed by atoms with Crippen LogP contribution in [0.3, 0.4) is 0 Å². The van der Waals surface area contributed by atoms with Crippen LogP contribution in [-0.2, 0) is 4.74 Å². The van der Waals surface area contributed by atoms with E-state index in [0.717, 1.165) is 38.8 Å². The van der Waals surface area contributed by atoms with Crippen molar-refractivity contribution in [2.75, 3.05) is 32.8 Å². The number of nitrogens with one attached hydrogen (secondary N) is 2. The van der Waals surface area contributed by atoms with Crippen LogP contribution in [0.15, 0.2) is 0 Å². The third kappa shape index (κ3) is 6.39. The SMILES string of the molecule is CCNC1COCC1CNCCCCC(C)C. The molecule has 17 heavy (non-hydrogen) atoms. The molecular formula is C14H30N2O. The second-order valence-corrected chi connectivity index (χ2v) is 5.56. The van der Waals surface area contributed by atoms with Crippen molar-refractivity contribution in [3.63, 3.8) is 0 Å². The quantitative estimate of drug-likeness (QED) is 0.607. The van der Waals surface area contributed by atoms with Crippen molar-refractivity contribution in [1.29, 1.82) is 0 Å². The predicted molar refractivity (Wildman–Crippen MR) is 73.3 cm³/mol. The van der Waals surface area contributed by atoms with E-state index in [-0.39, 0.29) is 0 Å². The number of hydrogen-bond donors (Lipinski definition) is 2. The molecule has 102 valence electrons. The minimum atomic E-state index is 0.558. The van der Waals surface area contributed by atoms with E-state index in [1.54, 1.807) is 0 Å². The van der Waals surface area contributed by atoms with Gasteiger partial charge in [-0.3, -0.25) is 0 Å². The maximum atomic E-state index is 5.53. The molecule has 1 rings (SSSR count). The Hall–Kier alpha value is -0.120. The molecule has 3 heteroatoms. The Kier molecular flexibility index (Phi) is 7.82. The second-order valence-electron chi connectivity index (χ2n) is 5.56. The molecule has 0 aromatic rings. The highest BCUT2D eigenvalue weighted by Crippen LogP contribution is 2.12.